The molecule has 0 fully saturated rings. The van der Waals surface area contributed by atoms with Crippen LogP contribution in [0.2, 0.25) is 0 Å². The Morgan fingerprint density at radius 3 is 2.67 bits per heavy atom. The SMILES string of the molecule is Cc1oc(C)c(S(=O)(=O)NC(C)Cc2ccsc2)c1CO. The number of sulfonamides is 1. The first-order chi connectivity index (χ1) is 9.85. The second-order valence-electron chi connectivity index (χ2n) is 5.04. The third kappa shape index (κ3) is 3.55. The van der Waals surface area contributed by atoms with E-state index in [1.807, 2.05) is 23.8 Å². The normalized spacial score (nSPS) is 13.5. The van der Waals surface area contributed by atoms with Gasteiger partial charge in [0.2, 0.25) is 10.0 Å². The molecule has 2 aromatic rings. The molecule has 0 saturated carbocycles. The Bertz CT molecular complexity index is 702. The van der Waals surface area contributed by atoms with Crippen molar-refractivity contribution in [2.75, 3.05) is 0 Å². The molecular weight excluding hydrogens is 310 g/mol. The summed E-state index contributed by atoms with van der Waals surface area (Å²) in [7, 11) is -3.72. The quantitative estimate of drug-likeness (QED) is 0.852. The first kappa shape index (κ1) is 16.2. The van der Waals surface area contributed by atoms with Gasteiger partial charge in [-0.25, -0.2) is 13.1 Å². The van der Waals surface area contributed by atoms with E-state index in [1.165, 1.54) is 0 Å². The maximum Gasteiger partial charge on any atom is 0.244 e. The van der Waals surface area contributed by atoms with Gasteiger partial charge < -0.3 is 9.52 Å². The summed E-state index contributed by atoms with van der Waals surface area (Å²) in [5, 5.41) is 13.3. The molecule has 116 valence electrons. The van der Waals surface area contributed by atoms with E-state index in [4.69, 9.17) is 4.42 Å². The molecule has 0 aromatic carbocycles. The summed E-state index contributed by atoms with van der Waals surface area (Å²) in [6.45, 7) is 4.69. The highest BCUT2D eigenvalue weighted by Gasteiger charge is 2.27. The van der Waals surface area contributed by atoms with Gasteiger partial charge in [-0.1, -0.05) is 0 Å². The molecule has 2 rings (SSSR count). The number of aliphatic hydroxyl groups excluding tert-OH is 1. The zero-order chi connectivity index (χ0) is 15.6. The molecule has 1 unspecified atom stereocenters. The Morgan fingerprint density at radius 2 is 2.10 bits per heavy atom. The average Bonchev–Trinajstić information content (AvgIpc) is 2.95. The summed E-state index contributed by atoms with van der Waals surface area (Å²) in [5.41, 5.74) is 1.42. The van der Waals surface area contributed by atoms with Crippen LogP contribution < -0.4 is 4.72 Å². The lowest BCUT2D eigenvalue weighted by molar-refractivity contribution is 0.276. The highest BCUT2D eigenvalue weighted by Crippen LogP contribution is 2.26. The van der Waals surface area contributed by atoms with Crippen molar-refractivity contribution in [1.82, 2.24) is 4.72 Å². The molecule has 2 N–H and O–H groups in total. The highest BCUT2D eigenvalue weighted by atomic mass is 32.2. The standard InChI is InChI=1S/C14H19NO4S2/c1-9(6-12-4-5-20-8-12)15-21(17,18)14-11(3)19-10(2)13(14)7-16/h4-5,8-9,15-16H,6-7H2,1-3H3. The van der Waals surface area contributed by atoms with Crippen LogP contribution in [-0.4, -0.2) is 19.6 Å². The molecule has 1 atom stereocenters. The molecule has 7 heteroatoms. The number of nitrogens with one attached hydrogen (secondary N) is 1. The first-order valence-corrected chi connectivity index (χ1v) is 9.01. The molecule has 0 aliphatic carbocycles. The van der Waals surface area contributed by atoms with Crippen LogP contribution in [-0.2, 0) is 23.1 Å². The maximum absolute atomic E-state index is 12.5. The Labute approximate surface area is 128 Å². The molecule has 5 nitrogen and oxygen atoms in total. The van der Waals surface area contributed by atoms with Gasteiger partial charge in [-0.3, -0.25) is 0 Å². The van der Waals surface area contributed by atoms with E-state index >= 15 is 0 Å². The topological polar surface area (TPSA) is 79.5 Å². The van der Waals surface area contributed by atoms with Crippen LogP contribution in [0.1, 0.15) is 29.6 Å². The molecule has 0 bridgehead atoms. The van der Waals surface area contributed by atoms with Crippen molar-refractivity contribution in [3.8, 4) is 0 Å². The molecule has 0 aliphatic rings. The van der Waals surface area contributed by atoms with Crippen LogP contribution in [0.25, 0.3) is 0 Å². The van der Waals surface area contributed by atoms with Crippen molar-refractivity contribution in [2.24, 2.45) is 0 Å². The van der Waals surface area contributed by atoms with Crippen molar-refractivity contribution in [3.63, 3.8) is 0 Å². The third-order valence-corrected chi connectivity index (χ3v) is 5.75. The van der Waals surface area contributed by atoms with Crippen LogP contribution in [0, 0.1) is 13.8 Å². The molecular formula is C14H19NO4S2. The van der Waals surface area contributed by atoms with Gasteiger partial charge in [0.05, 0.1) is 6.61 Å². The number of thiophene rings is 1. The van der Waals surface area contributed by atoms with Gasteiger partial charge >= 0.3 is 0 Å². The van der Waals surface area contributed by atoms with E-state index in [0.717, 1.165) is 5.56 Å². The Balaban J connectivity index is 2.22. The number of aliphatic hydroxyl groups is 1. The summed E-state index contributed by atoms with van der Waals surface area (Å²) in [6.07, 6.45) is 0.618. The number of hydrogen-bond acceptors (Lipinski definition) is 5. The van der Waals surface area contributed by atoms with Gasteiger partial charge in [0, 0.05) is 11.6 Å². The minimum Gasteiger partial charge on any atom is -0.465 e. The van der Waals surface area contributed by atoms with Crippen LogP contribution in [0.5, 0.6) is 0 Å². The lowest BCUT2D eigenvalue weighted by atomic mass is 10.1. The number of aryl methyl sites for hydroxylation is 2. The fourth-order valence-corrected chi connectivity index (χ4v) is 4.74. The van der Waals surface area contributed by atoms with Gasteiger partial charge in [-0.2, -0.15) is 11.3 Å². The summed E-state index contributed by atoms with van der Waals surface area (Å²) >= 11 is 1.58. The Kier molecular flexibility index (Phi) is 4.88. The van der Waals surface area contributed by atoms with Crippen molar-refractivity contribution in [3.05, 3.63) is 39.5 Å². The number of furan rings is 1. The molecule has 0 saturated heterocycles. The van der Waals surface area contributed by atoms with Gasteiger partial charge in [0.1, 0.15) is 16.4 Å². The summed E-state index contributed by atoms with van der Waals surface area (Å²) in [4.78, 5) is 0.0552. The van der Waals surface area contributed by atoms with E-state index in [-0.39, 0.29) is 17.5 Å². The van der Waals surface area contributed by atoms with Crippen molar-refractivity contribution in [1.29, 1.82) is 0 Å². The van der Waals surface area contributed by atoms with Gasteiger partial charge in [0.15, 0.2) is 0 Å². The highest BCUT2D eigenvalue weighted by molar-refractivity contribution is 7.89. The van der Waals surface area contributed by atoms with Crippen LogP contribution in [0.4, 0.5) is 0 Å². The molecule has 0 aliphatic heterocycles. The third-order valence-electron chi connectivity index (χ3n) is 3.23. The lowest BCUT2D eigenvalue weighted by Crippen LogP contribution is -2.34. The number of rotatable bonds is 6. The maximum atomic E-state index is 12.5. The zero-order valence-electron chi connectivity index (χ0n) is 12.2. The van der Waals surface area contributed by atoms with E-state index in [9.17, 15) is 13.5 Å². The van der Waals surface area contributed by atoms with E-state index in [1.54, 1.807) is 25.2 Å². The van der Waals surface area contributed by atoms with Gasteiger partial charge in [-0.15, -0.1) is 0 Å². The Morgan fingerprint density at radius 1 is 1.38 bits per heavy atom. The molecule has 0 radical (unpaired) electrons. The fourth-order valence-electron chi connectivity index (χ4n) is 2.37. The van der Waals surface area contributed by atoms with Crippen LogP contribution in [0.3, 0.4) is 0 Å². The van der Waals surface area contributed by atoms with E-state index < -0.39 is 10.0 Å². The summed E-state index contributed by atoms with van der Waals surface area (Å²) in [5.74, 6) is 0.729. The molecule has 2 aromatic heterocycles. The average molecular weight is 329 g/mol. The monoisotopic (exact) mass is 329 g/mol. The van der Waals surface area contributed by atoms with E-state index in [0.29, 0.717) is 23.5 Å². The summed E-state index contributed by atoms with van der Waals surface area (Å²) in [6, 6.07) is 1.73. The predicted molar refractivity (Wildman–Crippen MR) is 81.9 cm³/mol. The molecule has 0 spiro atoms. The Hall–Kier alpha value is -1.15. The first-order valence-electron chi connectivity index (χ1n) is 6.58. The van der Waals surface area contributed by atoms with Gasteiger partial charge in [0.25, 0.3) is 0 Å². The largest absolute Gasteiger partial charge is 0.465 e. The fraction of sp³-hybridized carbons (Fsp3) is 0.429. The van der Waals surface area contributed by atoms with Crippen molar-refractivity contribution in [2.45, 2.75) is 44.7 Å². The molecule has 0 amide bonds. The smallest absolute Gasteiger partial charge is 0.244 e. The number of hydrogen-bond donors (Lipinski definition) is 2. The minimum absolute atomic E-state index is 0.0552. The van der Waals surface area contributed by atoms with Gasteiger partial charge in [-0.05, 0) is 49.6 Å². The minimum atomic E-state index is -3.72. The van der Waals surface area contributed by atoms with E-state index in [2.05, 4.69) is 4.72 Å². The molecule has 2 heterocycles. The lowest BCUT2D eigenvalue weighted by Gasteiger charge is -2.14. The van der Waals surface area contributed by atoms with Crippen LogP contribution in [0.15, 0.2) is 26.1 Å². The van der Waals surface area contributed by atoms with Crippen molar-refractivity contribution >= 4 is 21.4 Å². The predicted octanol–water partition coefficient (Wildman–Crippen LogP) is 2.36. The second kappa shape index (κ2) is 6.31. The van der Waals surface area contributed by atoms with Crippen molar-refractivity contribution < 1.29 is 17.9 Å². The summed E-state index contributed by atoms with van der Waals surface area (Å²) < 4.78 is 33.0. The molecule has 21 heavy (non-hydrogen) atoms. The second-order valence-corrected chi connectivity index (χ2v) is 7.47. The van der Waals surface area contributed by atoms with Crippen LogP contribution >= 0.6 is 11.3 Å². The zero-order valence-corrected chi connectivity index (χ0v) is 13.8.